The second-order valence-electron chi connectivity index (χ2n) is 5.05. The van der Waals surface area contributed by atoms with Crippen LogP contribution in [0.15, 0.2) is 4.99 Å². The highest BCUT2D eigenvalue weighted by Crippen LogP contribution is 2.25. The minimum Gasteiger partial charge on any atom is -0.352 e. The molecule has 2 unspecified atom stereocenters. The number of nitrogens with one attached hydrogen (secondary N) is 2. The summed E-state index contributed by atoms with van der Waals surface area (Å²) in [5, 5.41) is 6.73. The quantitative estimate of drug-likeness (QED) is 0.773. The Morgan fingerprint density at radius 1 is 1.12 bits per heavy atom. The fourth-order valence-electron chi connectivity index (χ4n) is 1.56. The van der Waals surface area contributed by atoms with Crippen LogP contribution in [0, 0.1) is 5.41 Å². The van der Waals surface area contributed by atoms with Crippen molar-refractivity contribution in [2.45, 2.75) is 59.5 Å². The first-order valence-corrected chi connectivity index (χ1v) is 6.08. The van der Waals surface area contributed by atoms with Gasteiger partial charge in [0.1, 0.15) is 0 Å². The number of rotatable bonds is 4. The monoisotopic (exact) mass is 339 g/mol. The first-order valence-electron chi connectivity index (χ1n) is 6.08. The Morgan fingerprint density at radius 2 is 1.56 bits per heavy atom. The number of guanidine groups is 1. The maximum atomic E-state index is 4.63. The molecule has 0 aromatic heterocycles. The molecule has 1 saturated heterocycles. The molecule has 1 aliphatic heterocycles. The zero-order valence-electron chi connectivity index (χ0n) is 11.1. The molecule has 1 fully saturated rings. The lowest BCUT2D eigenvalue weighted by molar-refractivity contribution is 0.311. The van der Waals surface area contributed by atoms with E-state index in [1.807, 2.05) is 0 Å². The molecule has 1 aliphatic rings. The van der Waals surface area contributed by atoms with Crippen molar-refractivity contribution >= 4 is 29.9 Å². The molecular weight excluding hydrogens is 313 g/mol. The van der Waals surface area contributed by atoms with E-state index >= 15 is 0 Å². The third-order valence-electron chi connectivity index (χ3n) is 3.80. The number of hydrogen-bond acceptors (Lipinski definition) is 1. The van der Waals surface area contributed by atoms with Gasteiger partial charge in [-0.05, 0) is 32.1 Å². The van der Waals surface area contributed by atoms with Crippen molar-refractivity contribution < 1.29 is 0 Å². The summed E-state index contributed by atoms with van der Waals surface area (Å²) in [6.45, 7) is 12.1. The fourth-order valence-corrected chi connectivity index (χ4v) is 1.56. The van der Waals surface area contributed by atoms with E-state index in [2.05, 4.69) is 50.2 Å². The van der Waals surface area contributed by atoms with Gasteiger partial charge >= 0.3 is 0 Å². The van der Waals surface area contributed by atoms with E-state index in [4.69, 9.17) is 0 Å². The summed E-state index contributed by atoms with van der Waals surface area (Å²) in [6, 6.07) is 0.969. The van der Waals surface area contributed by atoms with Crippen LogP contribution in [-0.2, 0) is 0 Å². The van der Waals surface area contributed by atoms with E-state index in [0.717, 1.165) is 12.5 Å². The molecule has 1 heterocycles. The van der Waals surface area contributed by atoms with Crippen molar-refractivity contribution in [1.29, 1.82) is 0 Å². The Kier molecular flexibility index (Phi) is 6.67. The van der Waals surface area contributed by atoms with Gasteiger partial charge in [0.05, 0.1) is 0 Å². The topological polar surface area (TPSA) is 36.4 Å². The molecule has 0 saturated carbocycles. The molecule has 0 bridgehead atoms. The van der Waals surface area contributed by atoms with Crippen molar-refractivity contribution in [2.24, 2.45) is 10.4 Å². The van der Waals surface area contributed by atoms with E-state index in [1.165, 1.54) is 12.8 Å². The molecule has 2 N–H and O–H groups in total. The molecule has 0 amide bonds. The van der Waals surface area contributed by atoms with E-state index in [-0.39, 0.29) is 24.0 Å². The van der Waals surface area contributed by atoms with Crippen LogP contribution in [0.4, 0.5) is 0 Å². The number of halogens is 1. The molecule has 16 heavy (non-hydrogen) atoms. The Hall–Kier alpha value is 0. The molecule has 0 radical (unpaired) electrons. The highest BCUT2D eigenvalue weighted by molar-refractivity contribution is 14.0. The molecule has 1 rings (SSSR count). The number of nitrogens with zero attached hydrogens (tertiary/aromatic N) is 1. The van der Waals surface area contributed by atoms with E-state index < -0.39 is 0 Å². The average molecular weight is 339 g/mol. The summed E-state index contributed by atoms with van der Waals surface area (Å²) in [5.74, 6) is 0.975. The Labute approximate surface area is 117 Å². The lowest BCUT2D eigenvalue weighted by Gasteiger charge is -2.24. The summed E-state index contributed by atoms with van der Waals surface area (Å²) >= 11 is 0. The minimum atomic E-state index is 0. The molecule has 96 valence electrons. The van der Waals surface area contributed by atoms with E-state index in [9.17, 15) is 0 Å². The molecule has 4 heteroatoms. The average Bonchev–Trinajstić information content (AvgIpc) is 2.55. The first-order chi connectivity index (χ1) is 7.00. The van der Waals surface area contributed by atoms with Gasteiger partial charge in [-0.25, -0.2) is 0 Å². The van der Waals surface area contributed by atoms with Crippen molar-refractivity contribution in [1.82, 2.24) is 10.6 Å². The molecular formula is C12H26IN3. The van der Waals surface area contributed by atoms with Crippen LogP contribution in [0.3, 0.4) is 0 Å². The van der Waals surface area contributed by atoms with Crippen LogP contribution in [0.5, 0.6) is 0 Å². The van der Waals surface area contributed by atoms with Gasteiger partial charge in [-0.3, -0.25) is 4.99 Å². The number of aliphatic imine (C=N–C) groups is 1. The van der Waals surface area contributed by atoms with E-state index in [0.29, 0.717) is 17.5 Å². The predicted octanol–water partition coefficient (Wildman–Crippen LogP) is 2.76. The normalized spacial score (nSPS) is 24.4. The van der Waals surface area contributed by atoms with Crippen molar-refractivity contribution in [3.63, 3.8) is 0 Å². The standard InChI is InChI=1S/C12H25N3.HI/c1-6-12(5,7-2)8-13-11-14-9(3)10(4)15-11;/h9-10H,6-8H2,1-5H3,(H2,13,14,15);1H. The second kappa shape index (κ2) is 6.67. The fraction of sp³-hybridized carbons (Fsp3) is 0.917. The Morgan fingerprint density at radius 3 is 1.94 bits per heavy atom. The Balaban J connectivity index is 0.00000225. The van der Waals surface area contributed by atoms with Crippen molar-refractivity contribution in [2.75, 3.05) is 6.54 Å². The largest absolute Gasteiger partial charge is 0.352 e. The van der Waals surface area contributed by atoms with Gasteiger partial charge in [0, 0.05) is 18.6 Å². The third kappa shape index (κ3) is 4.11. The lowest BCUT2D eigenvalue weighted by Crippen LogP contribution is -2.29. The maximum absolute atomic E-state index is 4.63. The highest BCUT2D eigenvalue weighted by Gasteiger charge is 2.24. The minimum absolute atomic E-state index is 0. The lowest BCUT2D eigenvalue weighted by atomic mass is 9.85. The summed E-state index contributed by atoms with van der Waals surface area (Å²) < 4.78 is 0. The maximum Gasteiger partial charge on any atom is 0.191 e. The summed E-state index contributed by atoms with van der Waals surface area (Å²) in [4.78, 5) is 4.63. The molecule has 0 aliphatic carbocycles. The molecule has 3 nitrogen and oxygen atoms in total. The van der Waals surface area contributed by atoms with Gasteiger partial charge in [-0.2, -0.15) is 0 Å². The molecule has 0 aromatic rings. The first kappa shape index (κ1) is 16.0. The summed E-state index contributed by atoms with van der Waals surface area (Å²) in [6.07, 6.45) is 2.37. The van der Waals surface area contributed by atoms with Gasteiger partial charge in [0.2, 0.25) is 0 Å². The second-order valence-corrected chi connectivity index (χ2v) is 5.05. The summed E-state index contributed by atoms with van der Waals surface area (Å²) in [5.41, 5.74) is 0.353. The van der Waals surface area contributed by atoms with Gasteiger partial charge in [0.15, 0.2) is 5.96 Å². The van der Waals surface area contributed by atoms with E-state index in [1.54, 1.807) is 0 Å². The van der Waals surface area contributed by atoms with Crippen LogP contribution in [-0.4, -0.2) is 24.6 Å². The van der Waals surface area contributed by atoms with Crippen LogP contribution in [0.2, 0.25) is 0 Å². The number of hydrogen-bond donors (Lipinski definition) is 2. The van der Waals surface area contributed by atoms with Gasteiger partial charge < -0.3 is 10.6 Å². The van der Waals surface area contributed by atoms with Crippen molar-refractivity contribution in [3.05, 3.63) is 0 Å². The molecule has 2 atom stereocenters. The Bertz CT molecular complexity index is 224. The summed E-state index contributed by atoms with van der Waals surface area (Å²) in [7, 11) is 0. The van der Waals surface area contributed by atoms with Crippen LogP contribution in [0.25, 0.3) is 0 Å². The molecule has 0 spiro atoms. The van der Waals surface area contributed by atoms with Gasteiger partial charge in [-0.1, -0.05) is 20.8 Å². The zero-order valence-corrected chi connectivity index (χ0v) is 13.5. The van der Waals surface area contributed by atoms with Crippen molar-refractivity contribution in [3.8, 4) is 0 Å². The van der Waals surface area contributed by atoms with Gasteiger partial charge in [0.25, 0.3) is 0 Å². The zero-order chi connectivity index (χ0) is 11.5. The SMILES string of the molecule is CCC(C)(CC)CN=C1NC(C)C(C)N1.I. The highest BCUT2D eigenvalue weighted by atomic mass is 127. The van der Waals surface area contributed by atoms with Crippen LogP contribution in [0.1, 0.15) is 47.5 Å². The predicted molar refractivity (Wildman–Crippen MR) is 81.6 cm³/mol. The van der Waals surface area contributed by atoms with Crippen LogP contribution >= 0.6 is 24.0 Å². The van der Waals surface area contributed by atoms with Gasteiger partial charge in [-0.15, -0.1) is 24.0 Å². The molecule has 0 aromatic carbocycles. The third-order valence-corrected chi connectivity index (χ3v) is 3.80. The van der Waals surface area contributed by atoms with Crippen LogP contribution < -0.4 is 10.6 Å². The smallest absolute Gasteiger partial charge is 0.191 e.